The lowest BCUT2D eigenvalue weighted by atomic mass is 10.3. The van der Waals surface area contributed by atoms with Crippen LogP contribution in [0.4, 0.5) is 5.69 Å². The molecule has 0 amide bonds. The van der Waals surface area contributed by atoms with Crippen molar-refractivity contribution < 1.29 is 0 Å². The van der Waals surface area contributed by atoms with Crippen molar-refractivity contribution in [2.45, 2.75) is 42.4 Å². The van der Waals surface area contributed by atoms with Gasteiger partial charge in [-0.3, -0.25) is 0 Å². The fraction of sp³-hybridized carbons (Fsp3) is 0.400. The Hall–Kier alpha value is -1.42. The first kappa shape index (κ1) is 12.6. The van der Waals surface area contributed by atoms with Gasteiger partial charge < -0.3 is 10.3 Å². The summed E-state index contributed by atoms with van der Waals surface area (Å²) >= 11 is 2.02. The van der Waals surface area contributed by atoms with Gasteiger partial charge in [-0.05, 0) is 25.0 Å². The van der Waals surface area contributed by atoms with Crippen molar-refractivity contribution in [3.05, 3.63) is 42.5 Å². The topological polar surface area (TPSA) is 40.7 Å². The van der Waals surface area contributed by atoms with Gasteiger partial charge in [-0.15, -0.1) is 11.8 Å². The SMILES string of the molecule is c1ccc(SC2CCCC2)c(NCc2ncc[nH]2)c1. The molecule has 1 heterocycles. The van der Waals surface area contributed by atoms with Crippen molar-refractivity contribution in [3.63, 3.8) is 0 Å². The minimum atomic E-state index is 0.745. The zero-order valence-electron chi connectivity index (χ0n) is 10.9. The number of aromatic nitrogens is 2. The Labute approximate surface area is 118 Å². The number of rotatable bonds is 5. The first-order valence-corrected chi connectivity index (χ1v) is 7.77. The highest BCUT2D eigenvalue weighted by Gasteiger charge is 2.17. The van der Waals surface area contributed by atoms with E-state index in [2.05, 4.69) is 39.6 Å². The fourth-order valence-electron chi connectivity index (χ4n) is 2.47. The summed E-state index contributed by atoms with van der Waals surface area (Å²) in [6.45, 7) is 0.745. The van der Waals surface area contributed by atoms with Crippen molar-refractivity contribution in [1.82, 2.24) is 9.97 Å². The van der Waals surface area contributed by atoms with Crippen molar-refractivity contribution in [1.29, 1.82) is 0 Å². The van der Waals surface area contributed by atoms with Crippen molar-refractivity contribution >= 4 is 17.4 Å². The molecule has 3 nitrogen and oxygen atoms in total. The molecule has 1 aliphatic carbocycles. The lowest BCUT2D eigenvalue weighted by molar-refractivity contribution is 0.886. The molecule has 0 bridgehead atoms. The summed E-state index contributed by atoms with van der Waals surface area (Å²) in [5, 5.41) is 4.27. The molecule has 3 rings (SSSR count). The van der Waals surface area contributed by atoms with Crippen LogP contribution in [0.25, 0.3) is 0 Å². The van der Waals surface area contributed by atoms with E-state index in [0.717, 1.165) is 17.6 Å². The minimum absolute atomic E-state index is 0.745. The lowest BCUT2D eigenvalue weighted by Crippen LogP contribution is -2.03. The maximum atomic E-state index is 4.24. The minimum Gasteiger partial charge on any atom is -0.377 e. The number of hydrogen-bond acceptors (Lipinski definition) is 3. The van der Waals surface area contributed by atoms with Crippen LogP contribution in [0.1, 0.15) is 31.5 Å². The summed E-state index contributed by atoms with van der Waals surface area (Å²) in [6, 6.07) is 8.58. The molecule has 0 spiro atoms. The van der Waals surface area contributed by atoms with Gasteiger partial charge in [0.15, 0.2) is 0 Å². The van der Waals surface area contributed by atoms with Crippen molar-refractivity contribution in [3.8, 4) is 0 Å². The third-order valence-electron chi connectivity index (χ3n) is 3.48. The summed E-state index contributed by atoms with van der Waals surface area (Å²) in [5.41, 5.74) is 1.22. The fourth-order valence-corrected chi connectivity index (χ4v) is 3.83. The van der Waals surface area contributed by atoms with Crippen LogP contribution < -0.4 is 5.32 Å². The molecule has 1 fully saturated rings. The number of hydrogen-bond donors (Lipinski definition) is 2. The number of imidazole rings is 1. The van der Waals surface area contributed by atoms with Crippen LogP contribution in [0.3, 0.4) is 0 Å². The van der Waals surface area contributed by atoms with Gasteiger partial charge in [0.1, 0.15) is 5.82 Å². The average Bonchev–Trinajstić information content (AvgIpc) is 3.10. The smallest absolute Gasteiger partial charge is 0.125 e. The quantitative estimate of drug-likeness (QED) is 0.863. The molecule has 0 aliphatic heterocycles. The van der Waals surface area contributed by atoms with Crippen LogP contribution >= 0.6 is 11.8 Å². The van der Waals surface area contributed by atoms with Gasteiger partial charge in [-0.25, -0.2) is 4.98 Å². The van der Waals surface area contributed by atoms with Gasteiger partial charge in [0.2, 0.25) is 0 Å². The van der Waals surface area contributed by atoms with E-state index >= 15 is 0 Å². The number of nitrogens with zero attached hydrogens (tertiary/aromatic N) is 1. The van der Waals surface area contributed by atoms with Gasteiger partial charge in [0.05, 0.1) is 6.54 Å². The van der Waals surface area contributed by atoms with Gasteiger partial charge >= 0.3 is 0 Å². The van der Waals surface area contributed by atoms with Crippen molar-refractivity contribution in [2.24, 2.45) is 0 Å². The van der Waals surface area contributed by atoms with Gasteiger partial charge in [-0.1, -0.05) is 25.0 Å². The summed E-state index contributed by atoms with van der Waals surface area (Å²) < 4.78 is 0. The molecule has 1 saturated carbocycles. The molecular formula is C15H19N3S. The first-order valence-electron chi connectivity index (χ1n) is 6.89. The third kappa shape index (κ3) is 3.32. The van der Waals surface area contributed by atoms with E-state index in [9.17, 15) is 0 Å². The van der Waals surface area contributed by atoms with Crippen LogP contribution in [0.15, 0.2) is 41.6 Å². The van der Waals surface area contributed by atoms with Crippen LogP contribution in [0.5, 0.6) is 0 Å². The van der Waals surface area contributed by atoms with E-state index in [1.165, 1.54) is 36.3 Å². The Bertz CT molecular complexity index is 504. The Morgan fingerprint density at radius 1 is 1.26 bits per heavy atom. The van der Waals surface area contributed by atoms with Crippen LogP contribution in [0.2, 0.25) is 0 Å². The molecule has 2 N–H and O–H groups in total. The Morgan fingerprint density at radius 2 is 2.11 bits per heavy atom. The number of H-pyrrole nitrogens is 1. The van der Waals surface area contributed by atoms with Crippen LogP contribution in [-0.2, 0) is 6.54 Å². The predicted molar refractivity (Wildman–Crippen MR) is 80.5 cm³/mol. The molecule has 0 unspecified atom stereocenters. The second-order valence-corrected chi connectivity index (χ2v) is 6.25. The highest BCUT2D eigenvalue weighted by molar-refractivity contribution is 8.00. The number of nitrogens with one attached hydrogen (secondary N) is 2. The number of thioether (sulfide) groups is 1. The monoisotopic (exact) mass is 273 g/mol. The molecule has 1 aromatic heterocycles. The van der Waals surface area contributed by atoms with Gasteiger partial charge in [0.25, 0.3) is 0 Å². The Kier molecular flexibility index (Phi) is 4.08. The molecule has 0 atom stereocenters. The van der Waals surface area contributed by atoms with E-state index in [1.807, 2.05) is 18.0 Å². The van der Waals surface area contributed by atoms with E-state index in [0.29, 0.717) is 0 Å². The maximum absolute atomic E-state index is 4.24. The lowest BCUT2D eigenvalue weighted by Gasteiger charge is -2.14. The first-order chi connectivity index (χ1) is 9.42. The highest BCUT2D eigenvalue weighted by Crippen LogP contribution is 2.37. The van der Waals surface area contributed by atoms with E-state index in [-0.39, 0.29) is 0 Å². The number of anilines is 1. The summed E-state index contributed by atoms with van der Waals surface area (Å²) in [4.78, 5) is 8.72. The normalized spacial score (nSPS) is 15.8. The molecule has 1 aromatic carbocycles. The average molecular weight is 273 g/mol. The zero-order chi connectivity index (χ0) is 12.9. The zero-order valence-corrected chi connectivity index (χ0v) is 11.7. The molecular weight excluding hydrogens is 254 g/mol. The Morgan fingerprint density at radius 3 is 2.89 bits per heavy atom. The molecule has 4 heteroatoms. The van der Waals surface area contributed by atoms with Crippen molar-refractivity contribution in [2.75, 3.05) is 5.32 Å². The summed E-state index contributed by atoms with van der Waals surface area (Å²) in [5.74, 6) is 0.973. The van der Waals surface area contributed by atoms with Gasteiger partial charge in [-0.2, -0.15) is 0 Å². The molecule has 100 valence electrons. The standard InChI is InChI=1S/C15H19N3S/c1-2-6-12(5-1)19-14-8-4-3-7-13(14)18-11-15-16-9-10-17-15/h3-4,7-10,12,18H,1-2,5-6,11H2,(H,16,17). The van der Waals surface area contributed by atoms with Crippen LogP contribution in [0, 0.1) is 0 Å². The number of benzene rings is 1. The predicted octanol–water partition coefficient (Wildman–Crippen LogP) is 4.06. The van der Waals surface area contributed by atoms with E-state index < -0.39 is 0 Å². The molecule has 1 aliphatic rings. The molecule has 0 radical (unpaired) electrons. The van der Waals surface area contributed by atoms with E-state index in [4.69, 9.17) is 0 Å². The Balaban J connectivity index is 1.66. The molecule has 0 saturated heterocycles. The highest BCUT2D eigenvalue weighted by atomic mass is 32.2. The second-order valence-electron chi connectivity index (χ2n) is 4.91. The summed E-state index contributed by atoms with van der Waals surface area (Å²) in [6.07, 6.45) is 9.14. The third-order valence-corrected chi connectivity index (χ3v) is 4.90. The maximum Gasteiger partial charge on any atom is 0.125 e. The largest absolute Gasteiger partial charge is 0.377 e. The number of para-hydroxylation sites is 1. The second kappa shape index (κ2) is 6.15. The molecule has 2 aromatic rings. The van der Waals surface area contributed by atoms with E-state index in [1.54, 1.807) is 6.20 Å². The number of aromatic amines is 1. The van der Waals surface area contributed by atoms with Gasteiger partial charge in [0, 0.05) is 28.2 Å². The van der Waals surface area contributed by atoms with Crippen LogP contribution in [-0.4, -0.2) is 15.2 Å². The molecule has 19 heavy (non-hydrogen) atoms. The summed E-state index contributed by atoms with van der Waals surface area (Å²) in [7, 11) is 0.